The molecule has 1 amide bonds. The molecule has 2 fully saturated rings. The lowest BCUT2D eigenvalue weighted by Crippen LogP contribution is -2.34. The highest BCUT2D eigenvalue weighted by atomic mass is 16.3. The lowest BCUT2D eigenvalue weighted by atomic mass is 9.85. The van der Waals surface area contributed by atoms with Crippen molar-refractivity contribution in [1.29, 1.82) is 5.26 Å². The minimum atomic E-state index is -0.320. The topological polar surface area (TPSA) is 70.1 Å². The van der Waals surface area contributed by atoms with Crippen LogP contribution in [0.25, 0.3) is 22.7 Å². The van der Waals surface area contributed by atoms with Crippen LogP contribution in [0.2, 0.25) is 0 Å². The Morgan fingerprint density at radius 3 is 2.65 bits per heavy atom. The van der Waals surface area contributed by atoms with Gasteiger partial charge in [0.15, 0.2) is 0 Å². The molecule has 1 saturated carbocycles. The molecule has 5 heteroatoms. The van der Waals surface area contributed by atoms with E-state index < -0.39 is 0 Å². The van der Waals surface area contributed by atoms with Crippen molar-refractivity contribution in [3.8, 4) is 28.8 Å². The first-order valence-corrected chi connectivity index (χ1v) is 12.6. The van der Waals surface area contributed by atoms with Gasteiger partial charge in [-0.05, 0) is 67.5 Å². The molecule has 0 spiro atoms. The minimum Gasteiger partial charge on any atom is -0.444 e. The summed E-state index contributed by atoms with van der Waals surface area (Å²) < 4.78 is 5.79. The second-order valence-electron chi connectivity index (χ2n) is 9.64. The average Bonchev–Trinajstić information content (AvgIpc) is 3.58. The van der Waals surface area contributed by atoms with E-state index in [1.165, 1.54) is 44.1 Å². The molecule has 1 atom stereocenters. The number of nitrogens with zero attached hydrogens (tertiary/aromatic N) is 3. The number of aromatic nitrogens is 1. The fourth-order valence-corrected chi connectivity index (χ4v) is 5.34. The maximum absolute atomic E-state index is 12.8. The Bertz CT molecular complexity index is 1170. The number of benzene rings is 2. The van der Waals surface area contributed by atoms with Gasteiger partial charge in [0.05, 0.1) is 6.07 Å². The third kappa shape index (κ3) is 4.92. The van der Waals surface area contributed by atoms with Crippen LogP contribution in [-0.4, -0.2) is 28.4 Å². The molecule has 5 rings (SSSR count). The van der Waals surface area contributed by atoms with E-state index in [1.54, 1.807) is 23.3 Å². The van der Waals surface area contributed by atoms with Crippen LogP contribution in [0, 0.1) is 17.2 Å². The van der Waals surface area contributed by atoms with E-state index in [4.69, 9.17) is 9.40 Å². The first-order valence-electron chi connectivity index (χ1n) is 12.6. The Hall–Kier alpha value is -3.39. The summed E-state index contributed by atoms with van der Waals surface area (Å²) in [6.45, 7) is 0.641. The summed E-state index contributed by atoms with van der Waals surface area (Å²) in [6.07, 6.45) is 12.7. The van der Waals surface area contributed by atoms with Crippen LogP contribution in [0.3, 0.4) is 0 Å². The summed E-state index contributed by atoms with van der Waals surface area (Å²) in [4.78, 5) is 19.2. The fraction of sp³-hybridized carbons (Fsp3) is 0.414. The molecular formula is C29H31N3O2. The van der Waals surface area contributed by atoms with Gasteiger partial charge in [0.2, 0.25) is 5.89 Å². The van der Waals surface area contributed by atoms with E-state index in [2.05, 4.69) is 30.3 Å². The van der Waals surface area contributed by atoms with Gasteiger partial charge in [-0.2, -0.15) is 5.26 Å². The van der Waals surface area contributed by atoms with E-state index in [9.17, 15) is 10.1 Å². The molecule has 2 heterocycles. The SMILES string of the molecule is N#C[C@@H]1CCCN1C(=O)c1ccc(-c2nc(-c3cccc(CCC4CCCCC4)c3)co2)cc1. The van der Waals surface area contributed by atoms with Crippen molar-refractivity contribution in [2.24, 2.45) is 5.92 Å². The standard InChI is InChI=1S/C29H31N3O2/c30-19-26-10-5-17-32(26)29(33)24-15-13-23(14-16-24)28-31-27(20-34-28)25-9-4-8-22(18-25)12-11-21-6-2-1-3-7-21/h4,8-9,13-16,18,20-21,26H,1-3,5-7,10-12,17H2/t26-/m0/s1. The summed E-state index contributed by atoms with van der Waals surface area (Å²) in [5.41, 5.74) is 4.66. The quantitative estimate of drug-likeness (QED) is 0.419. The van der Waals surface area contributed by atoms with Gasteiger partial charge in [-0.15, -0.1) is 0 Å². The van der Waals surface area contributed by atoms with Crippen LogP contribution >= 0.6 is 0 Å². The number of rotatable bonds is 6. The van der Waals surface area contributed by atoms with Gasteiger partial charge in [-0.3, -0.25) is 4.79 Å². The molecule has 0 bridgehead atoms. The van der Waals surface area contributed by atoms with Gasteiger partial charge in [0.25, 0.3) is 5.91 Å². The highest BCUT2D eigenvalue weighted by Gasteiger charge is 2.29. The molecule has 0 unspecified atom stereocenters. The van der Waals surface area contributed by atoms with E-state index >= 15 is 0 Å². The smallest absolute Gasteiger partial charge is 0.254 e. The number of aryl methyl sites for hydroxylation is 1. The molecule has 5 nitrogen and oxygen atoms in total. The predicted octanol–water partition coefficient (Wildman–Crippen LogP) is 6.65. The number of carbonyl (C=O) groups excluding carboxylic acids is 1. The van der Waals surface area contributed by atoms with Crippen molar-refractivity contribution in [2.45, 2.75) is 63.8 Å². The summed E-state index contributed by atoms with van der Waals surface area (Å²) >= 11 is 0. The Labute approximate surface area is 201 Å². The number of hydrogen-bond acceptors (Lipinski definition) is 4. The fourth-order valence-electron chi connectivity index (χ4n) is 5.34. The van der Waals surface area contributed by atoms with Gasteiger partial charge in [0.1, 0.15) is 18.0 Å². The monoisotopic (exact) mass is 453 g/mol. The van der Waals surface area contributed by atoms with Crippen molar-refractivity contribution >= 4 is 5.91 Å². The highest BCUT2D eigenvalue weighted by Crippen LogP contribution is 2.29. The lowest BCUT2D eigenvalue weighted by Gasteiger charge is -2.21. The number of amides is 1. The van der Waals surface area contributed by atoms with Crippen molar-refractivity contribution in [2.75, 3.05) is 6.54 Å². The molecule has 2 aromatic carbocycles. The Balaban J connectivity index is 1.26. The lowest BCUT2D eigenvalue weighted by molar-refractivity contribution is 0.0765. The van der Waals surface area contributed by atoms with Crippen molar-refractivity contribution < 1.29 is 9.21 Å². The van der Waals surface area contributed by atoms with E-state index in [0.717, 1.165) is 42.0 Å². The highest BCUT2D eigenvalue weighted by molar-refractivity contribution is 5.95. The van der Waals surface area contributed by atoms with Gasteiger partial charge in [-0.1, -0.05) is 50.3 Å². The normalized spacial score (nSPS) is 18.7. The maximum atomic E-state index is 12.8. The molecule has 174 valence electrons. The van der Waals surface area contributed by atoms with E-state index in [1.807, 2.05) is 12.1 Å². The van der Waals surface area contributed by atoms with Crippen LogP contribution in [0.15, 0.2) is 59.2 Å². The van der Waals surface area contributed by atoms with E-state index in [-0.39, 0.29) is 11.9 Å². The summed E-state index contributed by atoms with van der Waals surface area (Å²) in [5, 5.41) is 9.26. The second-order valence-corrected chi connectivity index (χ2v) is 9.64. The van der Waals surface area contributed by atoms with E-state index in [0.29, 0.717) is 18.0 Å². The number of hydrogen-bond donors (Lipinski definition) is 0. The molecule has 1 aliphatic carbocycles. The van der Waals surface area contributed by atoms with Crippen molar-refractivity contribution in [3.05, 3.63) is 65.9 Å². The summed E-state index contributed by atoms with van der Waals surface area (Å²) in [7, 11) is 0. The van der Waals surface area contributed by atoms with Crippen molar-refractivity contribution in [1.82, 2.24) is 9.88 Å². The Kier molecular flexibility index (Phi) is 6.76. The number of nitriles is 1. The Morgan fingerprint density at radius 1 is 1.03 bits per heavy atom. The van der Waals surface area contributed by atoms with Gasteiger partial charge < -0.3 is 9.32 Å². The zero-order valence-corrected chi connectivity index (χ0v) is 19.6. The minimum absolute atomic E-state index is 0.0891. The number of likely N-dealkylation sites (tertiary alicyclic amines) is 1. The second kappa shape index (κ2) is 10.3. The average molecular weight is 454 g/mol. The zero-order chi connectivity index (χ0) is 23.3. The molecule has 3 aromatic rings. The molecule has 1 aliphatic heterocycles. The van der Waals surface area contributed by atoms with Crippen LogP contribution < -0.4 is 0 Å². The van der Waals surface area contributed by atoms with Crippen LogP contribution in [0.1, 0.15) is 67.3 Å². The molecule has 0 radical (unpaired) electrons. The van der Waals surface area contributed by atoms with Gasteiger partial charge in [0, 0.05) is 23.2 Å². The maximum Gasteiger partial charge on any atom is 0.254 e. The van der Waals surface area contributed by atoms with Crippen LogP contribution in [0.5, 0.6) is 0 Å². The summed E-state index contributed by atoms with van der Waals surface area (Å²) in [6, 6.07) is 17.8. The largest absolute Gasteiger partial charge is 0.444 e. The zero-order valence-electron chi connectivity index (χ0n) is 19.6. The molecule has 0 N–H and O–H groups in total. The van der Waals surface area contributed by atoms with Gasteiger partial charge >= 0.3 is 0 Å². The van der Waals surface area contributed by atoms with Gasteiger partial charge in [-0.25, -0.2) is 4.98 Å². The third-order valence-electron chi connectivity index (χ3n) is 7.33. The first kappa shape index (κ1) is 22.4. The number of oxazole rings is 1. The molecule has 1 saturated heterocycles. The van der Waals surface area contributed by atoms with Crippen molar-refractivity contribution in [3.63, 3.8) is 0 Å². The first-order chi connectivity index (χ1) is 16.7. The molecular weight excluding hydrogens is 422 g/mol. The molecule has 2 aliphatic rings. The van der Waals surface area contributed by atoms with Crippen LogP contribution in [0.4, 0.5) is 0 Å². The van der Waals surface area contributed by atoms with Crippen LogP contribution in [-0.2, 0) is 6.42 Å². The third-order valence-corrected chi connectivity index (χ3v) is 7.33. The molecule has 1 aromatic heterocycles. The Morgan fingerprint density at radius 2 is 1.85 bits per heavy atom. The summed E-state index contributed by atoms with van der Waals surface area (Å²) in [5.74, 6) is 1.33. The predicted molar refractivity (Wildman–Crippen MR) is 132 cm³/mol. The molecule has 34 heavy (non-hydrogen) atoms. The number of carbonyl (C=O) groups is 1.